The number of carbonyl (C=O) groups excluding carboxylic acids is 1. The molecule has 0 fully saturated rings. The van der Waals surface area contributed by atoms with Gasteiger partial charge in [0, 0.05) is 31.5 Å². The Hall–Kier alpha value is -2.71. The summed E-state index contributed by atoms with van der Waals surface area (Å²) in [4.78, 5) is 35.5. The molecule has 0 aromatic carbocycles. The Morgan fingerprint density at radius 2 is 2.15 bits per heavy atom. The van der Waals surface area contributed by atoms with Crippen molar-refractivity contribution in [1.82, 2.24) is 34.5 Å². The zero-order valence-corrected chi connectivity index (χ0v) is 16.0. The van der Waals surface area contributed by atoms with Gasteiger partial charge in [-0.25, -0.2) is 19.4 Å². The van der Waals surface area contributed by atoms with Crippen LogP contribution >= 0.6 is 0 Å². The minimum Gasteiger partial charge on any atom is -0.333 e. The van der Waals surface area contributed by atoms with Gasteiger partial charge in [0.1, 0.15) is 5.82 Å². The molecule has 0 saturated carbocycles. The molecule has 0 saturated heterocycles. The lowest BCUT2D eigenvalue weighted by Crippen LogP contribution is -2.50. The quantitative estimate of drug-likeness (QED) is 0.833. The first-order valence-electron chi connectivity index (χ1n) is 9.44. The molecule has 0 aliphatic carbocycles. The molecule has 2 aromatic rings. The molecule has 1 N–H and O–H groups in total. The molecule has 0 spiro atoms. The van der Waals surface area contributed by atoms with Crippen LogP contribution < -0.4 is 10.9 Å². The monoisotopic (exact) mass is 371 g/mol. The Labute approximate surface area is 157 Å². The number of hydrogen-bond donors (Lipinski definition) is 1. The molecule has 2 aromatic heterocycles. The smallest absolute Gasteiger partial charge is 0.318 e. The number of nitrogens with zero attached hydrogens (tertiary/aromatic N) is 6. The lowest BCUT2D eigenvalue weighted by atomic mass is 10.1. The van der Waals surface area contributed by atoms with Gasteiger partial charge in [-0.3, -0.25) is 4.79 Å². The zero-order chi connectivity index (χ0) is 19.1. The van der Waals surface area contributed by atoms with Gasteiger partial charge in [-0.1, -0.05) is 13.8 Å². The van der Waals surface area contributed by atoms with E-state index in [1.807, 2.05) is 4.68 Å². The highest BCUT2D eigenvalue weighted by Crippen LogP contribution is 2.18. The lowest BCUT2D eigenvalue weighted by Gasteiger charge is -2.31. The van der Waals surface area contributed by atoms with Gasteiger partial charge in [0.15, 0.2) is 5.82 Å². The number of aromatic nitrogens is 5. The van der Waals surface area contributed by atoms with Crippen LogP contribution in [0.5, 0.6) is 0 Å². The maximum absolute atomic E-state index is 12.7. The Morgan fingerprint density at radius 3 is 2.93 bits per heavy atom. The summed E-state index contributed by atoms with van der Waals surface area (Å²) < 4.78 is 3.40. The van der Waals surface area contributed by atoms with Crippen LogP contribution in [0.1, 0.15) is 49.1 Å². The van der Waals surface area contributed by atoms with E-state index in [0.29, 0.717) is 37.7 Å². The Kier molecular flexibility index (Phi) is 4.45. The van der Waals surface area contributed by atoms with Crippen LogP contribution in [0.3, 0.4) is 0 Å². The number of hydrogen-bond acceptors (Lipinski definition) is 5. The first-order valence-corrected chi connectivity index (χ1v) is 9.44. The van der Waals surface area contributed by atoms with Gasteiger partial charge in [-0.05, 0) is 12.8 Å². The van der Waals surface area contributed by atoms with Gasteiger partial charge < -0.3 is 14.8 Å². The Bertz CT molecular complexity index is 930. The summed E-state index contributed by atoms with van der Waals surface area (Å²) in [5.41, 5.74) is 1.39. The lowest BCUT2D eigenvalue weighted by molar-refractivity contribution is 0.183. The SMILES string of the molecule is CC(C)c1nc2n(n1)CC(NC(=O)N1CCc3c(ncn(C)c3=O)C1)CC2. The van der Waals surface area contributed by atoms with Crippen LogP contribution in [0.4, 0.5) is 4.79 Å². The molecular formula is C18H25N7O2. The van der Waals surface area contributed by atoms with E-state index in [4.69, 9.17) is 0 Å². The highest BCUT2D eigenvalue weighted by atomic mass is 16.2. The first kappa shape index (κ1) is 17.7. The third kappa shape index (κ3) is 3.33. The van der Waals surface area contributed by atoms with Crippen molar-refractivity contribution in [2.24, 2.45) is 7.05 Å². The van der Waals surface area contributed by atoms with Crippen molar-refractivity contribution < 1.29 is 4.79 Å². The van der Waals surface area contributed by atoms with Crippen LogP contribution in [0, 0.1) is 0 Å². The second-order valence-corrected chi connectivity index (χ2v) is 7.67. The van der Waals surface area contributed by atoms with Crippen LogP contribution in [0.2, 0.25) is 0 Å². The van der Waals surface area contributed by atoms with E-state index >= 15 is 0 Å². The Balaban J connectivity index is 1.41. The molecule has 1 unspecified atom stereocenters. The minimum absolute atomic E-state index is 0.0213. The molecule has 2 aliphatic heterocycles. The molecule has 144 valence electrons. The zero-order valence-electron chi connectivity index (χ0n) is 16.0. The number of rotatable bonds is 2. The maximum atomic E-state index is 12.7. The molecule has 0 bridgehead atoms. The van der Waals surface area contributed by atoms with Gasteiger partial charge in [-0.15, -0.1) is 0 Å². The highest BCUT2D eigenvalue weighted by molar-refractivity contribution is 5.74. The van der Waals surface area contributed by atoms with Gasteiger partial charge in [0.25, 0.3) is 5.56 Å². The Morgan fingerprint density at radius 1 is 1.33 bits per heavy atom. The van der Waals surface area contributed by atoms with E-state index in [2.05, 4.69) is 34.2 Å². The average molecular weight is 371 g/mol. The second kappa shape index (κ2) is 6.79. The minimum atomic E-state index is -0.110. The van der Waals surface area contributed by atoms with E-state index in [9.17, 15) is 9.59 Å². The predicted octanol–water partition coefficient (Wildman–Crippen LogP) is 0.578. The van der Waals surface area contributed by atoms with Crippen molar-refractivity contribution >= 4 is 6.03 Å². The number of aryl methyl sites for hydroxylation is 2. The number of nitrogens with one attached hydrogen (secondary N) is 1. The predicted molar refractivity (Wildman–Crippen MR) is 98.3 cm³/mol. The second-order valence-electron chi connectivity index (χ2n) is 7.67. The van der Waals surface area contributed by atoms with Crippen LogP contribution in [-0.2, 0) is 33.0 Å². The summed E-state index contributed by atoms with van der Waals surface area (Å²) in [6.45, 7) is 5.70. The molecule has 4 heterocycles. The van der Waals surface area contributed by atoms with E-state index in [-0.39, 0.29) is 17.6 Å². The number of carbonyl (C=O) groups is 1. The molecule has 4 rings (SSSR count). The summed E-state index contributed by atoms with van der Waals surface area (Å²) in [5.74, 6) is 2.15. The van der Waals surface area contributed by atoms with Crippen molar-refractivity contribution in [2.75, 3.05) is 6.54 Å². The van der Waals surface area contributed by atoms with Crippen molar-refractivity contribution in [3.8, 4) is 0 Å². The van der Waals surface area contributed by atoms with Crippen molar-refractivity contribution in [2.45, 2.75) is 58.2 Å². The van der Waals surface area contributed by atoms with Crippen molar-refractivity contribution in [3.05, 3.63) is 39.6 Å². The number of fused-ring (bicyclic) bond motifs is 2. The fourth-order valence-electron chi connectivity index (χ4n) is 3.65. The molecule has 27 heavy (non-hydrogen) atoms. The summed E-state index contributed by atoms with van der Waals surface area (Å²) in [7, 11) is 1.70. The summed E-state index contributed by atoms with van der Waals surface area (Å²) >= 11 is 0. The maximum Gasteiger partial charge on any atom is 0.318 e. The van der Waals surface area contributed by atoms with E-state index in [1.165, 1.54) is 10.9 Å². The largest absolute Gasteiger partial charge is 0.333 e. The number of urea groups is 1. The topological polar surface area (TPSA) is 97.9 Å². The first-order chi connectivity index (χ1) is 12.9. The number of amides is 2. The molecule has 1 atom stereocenters. The van der Waals surface area contributed by atoms with Crippen molar-refractivity contribution in [1.29, 1.82) is 0 Å². The van der Waals surface area contributed by atoms with Gasteiger partial charge in [0.05, 0.1) is 31.2 Å². The highest BCUT2D eigenvalue weighted by Gasteiger charge is 2.28. The van der Waals surface area contributed by atoms with Gasteiger partial charge >= 0.3 is 6.03 Å². The summed E-state index contributed by atoms with van der Waals surface area (Å²) in [5, 5.41) is 7.67. The summed E-state index contributed by atoms with van der Waals surface area (Å²) in [6.07, 6.45) is 3.72. The average Bonchev–Trinajstić information content (AvgIpc) is 3.08. The fraction of sp³-hybridized carbons (Fsp3) is 0.611. The molecule has 2 aliphatic rings. The van der Waals surface area contributed by atoms with Crippen LogP contribution in [-0.4, -0.2) is 47.8 Å². The summed E-state index contributed by atoms with van der Waals surface area (Å²) in [6, 6.07) is -0.0783. The van der Waals surface area contributed by atoms with Gasteiger partial charge in [-0.2, -0.15) is 5.10 Å². The molecular weight excluding hydrogens is 346 g/mol. The third-order valence-electron chi connectivity index (χ3n) is 5.29. The van der Waals surface area contributed by atoms with E-state index < -0.39 is 0 Å². The van der Waals surface area contributed by atoms with Crippen molar-refractivity contribution in [3.63, 3.8) is 0 Å². The van der Waals surface area contributed by atoms with E-state index in [0.717, 1.165) is 30.1 Å². The van der Waals surface area contributed by atoms with E-state index in [1.54, 1.807) is 11.9 Å². The van der Waals surface area contributed by atoms with Crippen LogP contribution in [0.15, 0.2) is 11.1 Å². The molecule has 2 amide bonds. The molecule has 0 radical (unpaired) electrons. The molecule has 9 heteroatoms. The fourth-order valence-corrected chi connectivity index (χ4v) is 3.65. The van der Waals surface area contributed by atoms with Crippen LogP contribution in [0.25, 0.3) is 0 Å². The normalized spacial score (nSPS) is 19.0. The molecule has 9 nitrogen and oxygen atoms in total. The third-order valence-corrected chi connectivity index (χ3v) is 5.29. The standard InChI is InChI=1S/C18H25N7O2/c1-11(2)16-21-15-5-4-12(8-25(15)22-16)20-18(27)24-7-6-13-14(9-24)19-10-23(3)17(13)26/h10-12H,4-9H2,1-3H3,(H,20,27). The van der Waals surface area contributed by atoms with Gasteiger partial charge in [0.2, 0.25) is 0 Å².